The second-order valence-electron chi connectivity index (χ2n) is 18.0. The van der Waals surface area contributed by atoms with Gasteiger partial charge in [0.15, 0.2) is 0 Å². The van der Waals surface area contributed by atoms with Gasteiger partial charge in [-0.1, -0.05) is 226 Å². The Morgan fingerprint density at radius 3 is 1.37 bits per heavy atom. The van der Waals surface area contributed by atoms with Gasteiger partial charge in [0.25, 0.3) is 0 Å². The number of anilines is 3. The summed E-state index contributed by atoms with van der Waals surface area (Å²) in [6, 6.07) is 92.0. The molecule has 0 aromatic heterocycles. The van der Waals surface area contributed by atoms with E-state index in [9.17, 15) is 0 Å². The Morgan fingerprint density at radius 1 is 0.292 bits per heavy atom. The van der Waals surface area contributed by atoms with Crippen LogP contribution in [-0.2, 0) is 10.8 Å². The first-order valence-corrected chi connectivity index (χ1v) is 22.8. The Bertz CT molecular complexity index is 3340. The molecular weight excluding hydrogens is 783 g/mol. The van der Waals surface area contributed by atoms with Crippen LogP contribution in [-0.4, -0.2) is 0 Å². The van der Waals surface area contributed by atoms with Gasteiger partial charge in [-0.2, -0.15) is 0 Å². The summed E-state index contributed by atoms with van der Waals surface area (Å²) < 4.78 is 0. The first-order valence-electron chi connectivity index (χ1n) is 22.8. The molecule has 308 valence electrons. The van der Waals surface area contributed by atoms with E-state index in [1.54, 1.807) is 0 Å². The number of hydrogen-bond acceptors (Lipinski definition) is 1. The quantitative estimate of drug-likeness (QED) is 0.147. The molecule has 0 aliphatic heterocycles. The van der Waals surface area contributed by atoms with E-state index in [1.165, 1.54) is 89.0 Å². The van der Waals surface area contributed by atoms with Crippen LogP contribution in [0.4, 0.5) is 17.1 Å². The number of fused-ring (bicyclic) bond motifs is 6. The van der Waals surface area contributed by atoms with E-state index in [-0.39, 0.29) is 5.41 Å². The summed E-state index contributed by atoms with van der Waals surface area (Å²) >= 11 is 0. The van der Waals surface area contributed by atoms with Crippen molar-refractivity contribution < 1.29 is 0 Å². The van der Waals surface area contributed by atoms with Crippen molar-refractivity contribution in [3.63, 3.8) is 0 Å². The molecule has 0 spiro atoms. The van der Waals surface area contributed by atoms with Crippen LogP contribution >= 0.6 is 0 Å². The van der Waals surface area contributed by atoms with Crippen LogP contribution in [0.2, 0.25) is 0 Å². The standard InChI is InChI=1S/C64H47N/c1-63(2)57-31-14-12-29-54(57)55-40-39-49(43-60(55)63)48-22-17-28-53(42-48)65(52-27-16-21-47(41-52)46-37-35-45(36-38-46)44-19-6-3-7-20-44)61-34-18-33-59-62(61)56-30-13-15-32-58(56)64(59,50-23-8-4-9-24-50)51-25-10-5-11-26-51/h3-43H,1-2H3. The second-order valence-corrected chi connectivity index (χ2v) is 18.0. The van der Waals surface area contributed by atoms with Crippen molar-refractivity contribution in [3.8, 4) is 55.6 Å². The lowest BCUT2D eigenvalue weighted by atomic mass is 9.68. The topological polar surface area (TPSA) is 3.24 Å². The van der Waals surface area contributed by atoms with E-state index in [0.29, 0.717) is 0 Å². The zero-order valence-corrected chi connectivity index (χ0v) is 36.6. The minimum atomic E-state index is -0.519. The average Bonchev–Trinajstić information content (AvgIpc) is 3.81. The maximum Gasteiger partial charge on any atom is 0.0714 e. The van der Waals surface area contributed by atoms with Crippen LogP contribution in [0.25, 0.3) is 55.6 Å². The van der Waals surface area contributed by atoms with E-state index in [1.807, 2.05) is 0 Å². The minimum Gasteiger partial charge on any atom is -0.310 e. The Balaban J connectivity index is 1.07. The van der Waals surface area contributed by atoms with Crippen LogP contribution in [0.3, 0.4) is 0 Å². The van der Waals surface area contributed by atoms with Crippen LogP contribution < -0.4 is 4.90 Å². The van der Waals surface area contributed by atoms with E-state index >= 15 is 0 Å². The molecule has 0 bridgehead atoms. The van der Waals surface area contributed by atoms with Crippen LogP contribution in [0, 0.1) is 0 Å². The molecule has 10 aromatic rings. The van der Waals surface area contributed by atoms with Crippen molar-refractivity contribution >= 4 is 17.1 Å². The monoisotopic (exact) mass is 829 g/mol. The molecular formula is C64H47N. The summed E-state index contributed by atoms with van der Waals surface area (Å²) in [5.74, 6) is 0. The number of rotatable bonds is 8. The maximum absolute atomic E-state index is 2.50. The maximum atomic E-state index is 2.50. The second kappa shape index (κ2) is 15.4. The lowest BCUT2D eigenvalue weighted by Crippen LogP contribution is -2.28. The summed E-state index contributed by atoms with van der Waals surface area (Å²) in [5.41, 5.74) is 22.9. The lowest BCUT2D eigenvalue weighted by molar-refractivity contribution is 0.660. The molecule has 2 aliphatic carbocycles. The third kappa shape index (κ3) is 6.15. The molecule has 0 N–H and O–H groups in total. The van der Waals surface area contributed by atoms with E-state index < -0.39 is 5.41 Å². The third-order valence-corrected chi connectivity index (χ3v) is 14.2. The summed E-state index contributed by atoms with van der Waals surface area (Å²) in [6.45, 7) is 4.72. The first-order chi connectivity index (χ1) is 32.0. The summed E-state index contributed by atoms with van der Waals surface area (Å²) in [4.78, 5) is 2.50. The highest BCUT2D eigenvalue weighted by Crippen LogP contribution is 2.60. The van der Waals surface area contributed by atoms with Gasteiger partial charge >= 0.3 is 0 Å². The van der Waals surface area contributed by atoms with Gasteiger partial charge in [0.05, 0.1) is 11.1 Å². The highest BCUT2D eigenvalue weighted by molar-refractivity contribution is 5.98. The zero-order valence-electron chi connectivity index (χ0n) is 36.6. The SMILES string of the molecule is CC1(C)c2ccccc2-c2ccc(-c3cccc(N(c4cccc(-c5ccc(-c6ccccc6)cc5)c4)c4cccc5c4-c4ccccc4C5(c4ccccc4)c4ccccc4)c3)cc21. The number of hydrogen-bond donors (Lipinski definition) is 0. The van der Waals surface area contributed by atoms with Gasteiger partial charge in [0.1, 0.15) is 0 Å². The van der Waals surface area contributed by atoms with Gasteiger partial charge in [-0.3, -0.25) is 0 Å². The molecule has 0 atom stereocenters. The van der Waals surface area contributed by atoms with Crippen LogP contribution in [0.15, 0.2) is 249 Å². The molecule has 1 nitrogen and oxygen atoms in total. The van der Waals surface area contributed by atoms with Crippen LogP contribution in [0.1, 0.15) is 47.2 Å². The van der Waals surface area contributed by atoms with Crippen molar-refractivity contribution in [3.05, 3.63) is 282 Å². The molecule has 0 unspecified atom stereocenters. The van der Waals surface area contributed by atoms with Gasteiger partial charge in [0.2, 0.25) is 0 Å². The third-order valence-electron chi connectivity index (χ3n) is 14.2. The molecule has 0 saturated heterocycles. The molecule has 0 fully saturated rings. The molecule has 0 heterocycles. The fourth-order valence-electron chi connectivity index (χ4n) is 11.1. The Hall–Kier alpha value is -8.00. The summed E-state index contributed by atoms with van der Waals surface area (Å²) in [7, 11) is 0. The number of nitrogens with zero attached hydrogens (tertiary/aromatic N) is 1. The Labute approximate surface area is 382 Å². The predicted octanol–water partition coefficient (Wildman–Crippen LogP) is 16.8. The Kier molecular flexibility index (Phi) is 9.14. The Morgan fingerprint density at radius 2 is 0.723 bits per heavy atom. The van der Waals surface area contributed by atoms with Crippen molar-refractivity contribution in [2.75, 3.05) is 4.90 Å². The summed E-state index contributed by atoms with van der Waals surface area (Å²) in [5, 5.41) is 0. The largest absolute Gasteiger partial charge is 0.310 e. The minimum absolute atomic E-state index is 0.0900. The van der Waals surface area contributed by atoms with E-state index in [4.69, 9.17) is 0 Å². The molecule has 0 amide bonds. The van der Waals surface area contributed by atoms with Gasteiger partial charge in [-0.15, -0.1) is 0 Å². The zero-order chi connectivity index (χ0) is 43.5. The van der Waals surface area contributed by atoms with E-state index in [2.05, 4.69) is 267 Å². The fourth-order valence-corrected chi connectivity index (χ4v) is 11.1. The molecule has 12 rings (SSSR count). The van der Waals surface area contributed by atoms with Crippen molar-refractivity contribution in [2.24, 2.45) is 0 Å². The molecule has 0 radical (unpaired) electrons. The summed E-state index contributed by atoms with van der Waals surface area (Å²) in [6.07, 6.45) is 0. The molecule has 1 heteroatoms. The van der Waals surface area contributed by atoms with Gasteiger partial charge in [-0.25, -0.2) is 0 Å². The highest BCUT2D eigenvalue weighted by atomic mass is 15.1. The van der Waals surface area contributed by atoms with Gasteiger partial charge < -0.3 is 4.90 Å². The van der Waals surface area contributed by atoms with Crippen LogP contribution in [0.5, 0.6) is 0 Å². The lowest BCUT2D eigenvalue weighted by Gasteiger charge is -2.34. The molecule has 0 saturated carbocycles. The molecule has 65 heavy (non-hydrogen) atoms. The average molecular weight is 830 g/mol. The molecule has 10 aromatic carbocycles. The van der Waals surface area contributed by atoms with Crippen molar-refractivity contribution in [1.29, 1.82) is 0 Å². The molecule has 2 aliphatic rings. The first kappa shape index (κ1) is 38.7. The fraction of sp³-hybridized carbons (Fsp3) is 0.0625. The predicted molar refractivity (Wildman–Crippen MR) is 272 cm³/mol. The van der Waals surface area contributed by atoms with Gasteiger partial charge in [-0.05, 0) is 120 Å². The van der Waals surface area contributed by atoms with Gasteiger partial charge in [0, 0.05) is 22.4 Å². The normalized spacial score (nSPS) is 13.6. The smallest absolute Gasteiger partial charge is 0.0714 e. The highest BCUT2D eigenvalue weighted by Gasteiger charge is 2.47. The number of benzene rings is 10. The van der Waals surface area contributed by atoms with Crippen molar-refractivity contribution in [1.82, 2.24) is 0 Å². The van der Waals surface area contributed by atoms with E-state index in [0.717, 1.165) is 17.1 Å². The van der Waals surface area contributed by atoms with Crippen molar-refractivity contribution in [2.45, 2.75) is 24.7 Å².